The molecule has 1 aromatic heterocycles. The average molecular weight is 363 g/mol. The van der Waals surface area contributed by atoms with Gasteiger partial charge in [-0.15, -0.1) is 0 Å². The lowest BCUT2D eigenvalue weighted by molar-refractivity contribution is -0.133. The van der Waals surface area contributed by atoms with Crippen molar-refractivity contribution in [2.75, 3.05) is 5.75 Å². The van der Waals surface area contributed by atoms with E-state index in [9.17, 15) is 14.9 Å². The summed E-state index contributed by atoms with van der Waals surface area (Å²) in [6, 6.07) is 19.0. The molecule has 3 aromatic rings. The Kier molecular flexibility index (Phi) is 5.15. The lowest BCUT2D eigenvalue weighted by atomic mass is 10.0. The molecule has 0 aliphatic heterocycles. The molecule has 128 valence electrons. The molecule has 6 nitrogen and oxygen atoms in total. The standard InChI is InChI=1S/C19H13N3O3S/c20-10-15-17(21-19(22-18(15)25)26-11-16(23)24)14-8-6-13(7-9-14)12-4-2-1-3-5-12/h1-9H,11H2,(H,23,24)(H,21,22,25). The third-order valence-electron chi connectivity index (χ3n) is 3.61. The third kappa shape index (κ3) is 3.82. The number of rotatable bonds is 5. The summed E-state index contributed by atoms with van der Waals surface area (Å²) in [5.74, 6) is -1.25. The summed E-state index contributed by atoms with van der Waals surface area (Å²) < 4.78 is 0. The fraction of sp³-hybridized carbons (Fsp3) is 0.0526. The molecule has 3 rings (SSSR count). The first-order valence-electron chi connectivity index (χ1n) is 7.63. The summed E-state index contributed by atoms with van der Waals surface area (Å²) in [7, 11) is 0. The van der Waals surface area contributed by atoms with E-state index >= 15 is 0 Å². The maximum absolute atomic E-state index is 12.1. The Morgan fingerprint density at radius 3 is 2.31 bits per heavy atom. The number of nitrogens with one attached hydrogen (secondary N) is 1. The number of benzene rings is 2. The number of thioether (sulfide) groups is 1. The molecular formula is C19H13N3O3S. The fourth-order valence-electron chi connectivity index (χ4n) is 2.41. The summed E-state index contributed by atoms with van der Waals surface area (Å²) in [4.78, 5) is 29.5. The number of carboxylic acid groups (broad SMARTS) is 1. The second kappa shape index (κ2) is 7.68. The number of carboxylic acids is 1. The van der Waals surface area contributed by atoms with Gasteiger partial charge in [0.25, 0.3) is 5.56 Å². The Balaban J connectivity index is 2.01. The van der Waals surface area contributed by atoms with Crippen molar-refractivity contribution in [2.24, 2.45) is 0 Å². The number of aromatic nitrogens is 2. The van der Waals surface area contributed by atoms with Crippen molar-refractivity contribution in [1.82, 2.24) is 9.97 Å². The first-order chi connectivity index (χ1) is 12.6. The van der Waals surface area contributed by atoms with Crippen LogP contribution in [0.3, 0.4) is 0 Å². The van der Waals surface area contributed by atoms with E-state index in [-0.39, 0.29) is 22.2 Å². The summed E-state index contributed by atoms with van der Waals surface area (Å²) >= 11 is 0.895. The lowest BCUT2D eigenvalue weighted by Gasteiger charge is -2.07. The normalized spacial score (nSPS) is 10.3. The van der Waals surface area contributed by atoms with Crippen molar-refractivity contribution in [3.63, 3.8) is 0 Å². The van der Waals surface area contributed by atoms with Crippen molar-refractivity contribution in [3.05, 3.63) is 70.5 Å². The van der Waals surface area contributed by atoms with Crippen LogP contribution in [0, 0.1) is 11.3 Å². The maximum atomic E-state index is 12.1. The maximum Gasteiger partial charge on any atom is 0.313 e. The van der Waals surface area contributed by atoms with Gasteiger partial charge in [0.1, 0.15) is 11.6 Å². The van der Waals surface area contributed by atoms with Gasteiger partial charge in [-0.1, -0.05) is 66.4 Å². The van der Waals surface area contributed by atoms with Crippen LogP contribution in [0.15, 0.2) is 64.5 Å². The van der Waals surface area contributed by atoms with Crippen molar-refractivity contribution in [2.45, 2.75) is 5.16 Å². The fourth-order valence-corrected chi connectivity index (χ4v) is 3.00. The van der Waals surface area contributed by atoms with Gasteiger partial charge >= 0.3 is 5.97 Å². The van der Waals surface area contributed by atoms with Gasteiger partial charge < -0.3 is 10.1 Å². The van der Waals surface area contributed by atoms with E-state index in [0.717, 1.165) is 22.9 Å². The zero-order chi connectivity index (χ0) is 18.5. The van der Waals surface area contributed by atoms with E-state index in [1.54, 1.807) is 12.1 Å². The van der Waals surface area contributed by atoms with Crippen LogP contribution < -0.4 is 5.56 Å². The number of aromatic amines is 1. The Bertz CT molecular complexity index is 1040. The summed E-state index contributed by atoms with van der Waals surface area (Å²) in [6.07, 6.45) is 0. The molecule has 0 aliphatic rings. The van der Waals surface area contributed by atoms with Crippen molar-refractivity contribution in [1.29, 1.82) is 5.26 Å². The largest absolute Gasteiger partial charge is 0.481 e. The molecule has 2 aromatic carbocycles. The summed E-state index contributed by atoms with van der Waals surface area (Å²) in [6.45, 7) is 0. The third-order valence-corrected chi connectivity index (χ3v) is 4.47. The summed E-state index contributed by atoms with van der Waals surface area (Å²) in [5, 5.41) is 18.2. The van der Waals surface area contributed by atoms with Crippen LogP contribution in [0.25, 0.3) is 22.4 Å². The molecule has 0 saturated carbocycles. The van der Waals surface area contributed by atoms with E-state index in [0.29, 0.717) is 5.56 Å². The number of hydrogen-bond donors (Lipinski definition) is 2. The predicted octanol–water partition coefficient (Wildman–Crippen LogP) is 3.15. The number of H-pyrrole nitrogens is 1. The molecule has 0 unspecified atom stereocenters. The zero-order valence-corrected chi connectivity index (χ0v) is 14.3. The Morgan fingerprint density at radius 2 is 1.69 bits per heavy atom. The van der Waals surface area contributed by atoms with Gasteiger partial charge in [0.2, 0.25) is 0 Å². The topological polar surface area (TPSA) is 107 Å². The van der Waals surface area contributed by atoms with E-state index in [2.05, 4.69) is 9.97 Å². The molecule has 0 aliphatic carbocycles. The highest BCUT2D eigenvalue weighted by molar-refractivity contribution is 7.99. The number of hydrogen-bond acceptors (Lipinski definition) is 5. The van der Waals surface area contributed by atoms with Crippen molar-refractivity contribution >= 4 is 17.7 Å². The van der Waals surface area contributed by atoms with Gasteiger partial charge in [0.05, 0.1) is 11.4 Å². The van der Waals surface area contributed by atoms with Crippen LogP contribution in [-0.4, -0.2) is 26.8 Å². The summed E-state index contributed by atoms with van der Waals surface area (Å²) in [5.41, 5.74) is 2.22. The average Bonchev–Trinajstić information content (AvgIpc) is 2.67. The molecular weight excluding hydrogens is 350 g/mol. The first-order valence-corrected chi connectivity index (χ1v) is 8.62. The molecule has 0 saturated heterocycles. The minimum atomic E-state index is -1.02. The molecule has 0 bridgehead atoms. The van der Waals surface area contributed by atoms with Gasteiger partial charge in [0, 0.05) is 5.56 Å². The number of nitriles is 1. The quantitative estimate of drug-likeness (QED) is 0.533. The van der Waals surface area contributed by atoms with E-state index in [1.165, 1.54) is 0 Å². The van der Waals surface area contributed by atoms with Crippen molar-refractivity contribution < 1.29 is 9.90 Å². The van der Waals surface area contributed by atoms with E-state index in [4.69, 9.17) is 5.11 Å². The zero-order valence-electron chi connectivity index (χ0n) is 13.5. The predicted molar refractivity (Wildman–Crippen MR) is 98.8 cm³/mol. The smallest absolute Gasteiger partial charge is 0.313 e. The highest BCUT2D eigenvalue weighted by Crippen LogP contribution is 2.26. The highest BCUT2D eigenvalue weighted by Gasteiger charge is 2.14. The van der Waals surface area contributed by atoms with Crippen LogP contribution in [0.5, 0.6) is 0 Å². The van der Waals surface area contributed by atoms with Crippen molar-refractivity contribution in [3.8, 4) is 28.5 Å². The van der Waals surface area contributed by atoms with E-state index < -0.39 is 11.5 Å². The molecule has 0 radical (unpaired) electrons. The molecule has 2 N–H and O–H groups in total. The SMILES string of the molecule is N#Cc1c(-c2ccc(-c3ccccc3)cc2)nc(SCC(=O)O)[nH]c1=O. The van der Waals surface area contributed by atoms with Crippen LogP contribution in [0.4, 0.5) is 0 Å². The van der Waals surface area contributed by atoms with Crippen LogP contribution in [0.1, 0.15) is 5.56 Å². The minimum Gasteiger partial charge on any atom is -0.481 e. The van der Waals surface area contributed by atoms with Gasteiger partial charge in [-0.25, -0.2) is 4.98 Å². The van der Waals surface area contributed by atoms with Crippen LogP contribution in [-0.2, 0) is 4.79 Å². The molecule has 1 heterocycles. The van der Waals surface area contributed by atoms with Gasteiger partial charge in [-0.3, -0.25) is 9.59 Å². The molecule has 7 heteroatoms. The van der Waals surface area contributed by atoms with Gasteiger partial charge in [-0.2, -0.15) is 5.26 Å². The second-order valence-corrected chi connectivity index (χ2v) is 6.30. The van der Waals surface area contributed by atoms with Crippen LogP contribution >= 0.6 is 11.8 Å². The Labute approximate surface area is 153 Å². The molecule has 26 heavy (non-hydrogen) atoms. The number of nitrogens with zero attached hydrogens (tertiary/aromatic N) is 2. The second-order valence-electron chi connectivity index (χ2n) is 5.33. The molecule has 0 spiro atoms. The first kappa shape index (κ1) is 17.5. The minimum absolute atomic E-state index is 0.0999. The Hall–Kier alpha value is -3.37. The highest BCUT2D eigenvalue weighted by atomic mass is 32.2. The Morgan fingerprint density at radius 1 is 1.08 bits per heavy atom. The monoisotopic (exact) mass is 363 g/mol. The van der Waals surface area contributed by atoms with Gasteiger partial charge in [-0.05, 0) is 11.1 Å². The van der Waals surface area contributed by atoms with Crippen LogP contribution in [0.2, 0.25) is 0 Å². The molecule has 0 atom stereocenters. The molecule has 0 fully saturated rings. The van der Waals surface area contributed by atoms with Gasteiger partial charge in [0.15, 0.2) is 5.16 Å². The van der Waals surface area contributed by atoms with E-state index in [1.807, 2.05) is 48.5 Å². The number of carbonyl (C=O) groups is 1. The number of aliphatic carboxylic acids is 1. The molecule has 0 amide bonds. The lowest BCUT2D eigenvalue weighted by Crippen LogP contribution is -2.15.